The smallest absolute Gasteiger partial charge is 0.341 e. The molecule has 0 N–H and O–H groups in total. The molecule has 0 spiro atoms. The van der Waals surface area contributed by atoms with Gasteiger partial charge in [-0.1, -0.05) is 0 Å². The summed E-state index contributed by atoms with van der Waals surface area (Å²) in [4.78, 5) is 16.0. The summed E-state index contributed by atoms with van der Waals surface area (Å²) >= 11 is 0. The van der Waals surface area contributed by atoms with Crippen molar-refractivity contribution in [2.45, 2.75) is 6.92 Å². The molecule has 0 aromatic carbocycles. The van der Waals surface area contributed by atoms with Crippen LogP contribution in [0.2, 0.25) is 0 Å². The molecule has 0 aliphatic carbocycles. The minimum atomic E-state index is -0.439. The second-order valence-electron chi connectivity index (χ2n) is 4.39. The molecule has 3 aromatic rings. The number of carbonyl (C=O) groups excluding carboxylic acids is 1. The van der Waals surface area contributed by atoms with Crippen LogP contribution >= 0.6 is 0 Å². The largest absolute Gasteiger partial charge is 0.465 e. The molecule has 100 valence electrons. The molecule has 0 saturated heterocycles. The zero-order valence-electron chi connectivity index (χ0n) is 11.1. The van der Waals surface area contributed by atoms with Gasteiger partial charge in [-0.05, 0) is 24.6 Å². The number of esters is 1. The van der Waals surface area contributed by atoms with Crippen LogP contribution in [-0.4, -0.2) is 32.7 Å². The fourth-order valence-electron chi connectivity index (χ4n) is 2.11. The zero-order chi connectivity index (χ0) is 14.1. The maximum Gasteiger partial charge on any atom is 0.341 e. The Balaban J connectivity index is 2.28. The SMILES string of the molecule is COC(=O)c1cc(-c2cnccc2C)cn2cnnc12. The van der Waals surface area contributed by atoms with E-state index < -0.39 is 5.97 Å². The summed E-state index contributed by atoms with van der Waals surface area (Å²) in [7, 11) is 1.34. The van der Waals surface area contributed by atoms with Gasteiger partial charge in [0.15, 0.2) is 5.65 Å². The first kappa shape index (κ1) is 12.3. The lowest BCUT2D eigenvalue weighted by molar-refractivity contribution is 0.0602. The molecule has 0 aliphatic heterocycles. The van der Waals surface area contributed by atoms with E-state index in [1.54, 1.807) is 29.2 Å². The van der Waals surface area contributed by atoms with Crippen LogP contribution in [0.25, 0.3) is 16.8 Å². The lowest BCUT2D eigenvalue weighted by atomic mass is 10.0. The van der Waals surface area contributed by atoms with Crippen molar-refractivity contribution in [2.75, 3.05) is 7.11 Å². The summed E-state index contributed by atoms with van der Waals surface area (Å²) in [5.41, 5.74) is 3.74. The maximum atomic E-state index is 11.9. The quantitative estimate of drug-likeness (QED) is 0.664. The molecule has 3 rings (SSSR count). The molecule has 6 heteroatoms. The summed E-state index contributed by atoms with van der Waals surface area (Å²) in [5, 5.41) is 7.77. The number of aryl methyl sites for hydroxylation is 1. The van der Waals surface area contributed by atoms with Crippen molar-refractivity contribution in [3.05, 3.63) is 48.2 Å². The van der Waals surface area contributed by atoms with Crippen molar-refractivity contribution in [1.82, 2.24) is 19.6 Å². The Morgan fingerprint density at radius 2 is 2.25 bits per heavy atom. The maximum absolute atomic E-state index is 11.9. The Labute approximate surface area is 115 Å². The van der Waals surface area contributed by atoms with E-state index in [0.717, 1.165) is 16.7 Å². The van der Waals surface area contributed by atoms with Crippen LogP contribution in [-0.2, 0) is 4.74 Å². The molecule has 20 heavy (non-hydrogen) atoms. The van der Waals surface area contributed by atoms with Gasteiger partial charge >= 0.3 is 5.97 Å². The lowest BCUT2D eigenvalue weighted by Crippen LogP contribution is -2.05. The average Bonchev–Trinajstić information content (AvgIpc) is 2.94. The Morgan fingerprint density at radius 1 is 1.40 bits per heavy atom. The van der Waals surface area contributed by atoms with E-state index in [4.69, 9.17) is 4.74 Å². The molecule has 0 bridgehead atoms. The van der Waals surface area contributed by atoms with Crippen molar-refractivity contribution in [3.63, 3.8) is 0 Å². The van der Waals surface area contributed by atoms with Crippen LogP contribution in [0.4, 0.5) is 0 Å². The molecular formula is C14H12N4O2. The van der Waals surface area contributed by atoms with Crippen LogP contribution in [0, 0.1) is 6.92 Å². The summed E-state index contributed by atoms with van der Waals surface area (Å²) in [5.74, 6) is -0.439. The second-order valence-corrected chi connectivity index (χ2v) is 4.39. The van der Waals surface area contributed by atoms with Gasteiger partial charge in [-0.15, -0.1) is 10.2 Å². The minimum Gasteiger partial charge on any atom is -0.465 e. The number of hydrogen-bond donors (Lipinski definition) is 0. The van der Waals surface area contributed by atoms with E-state index in [2.05, 4.69) is 15.2 Å². The van der Waals surface area contributed by atoms with Crippen LogP contribution in [0.15, 0.2) is 37.1 Å². The standard InChI is InChI=1S/C14H12N4O2/c1-9-3-4-15-6-12(9)10-5-11(14(19)20-2)13-17-16-8-18(13)7-10/h3-8H,1-2H3. The first-order valence-corrected chi connectivity index (χ1v) is 6.03. The van der Waals surface area contributed by atoms with Crippen LogP contribution in [0.1, 0.15) is 15.9 Å². The van der Waals surface area contributed by atoms with E-state index in [-0.39, 0.29) is 0 Å². The number of rotatable bonds is 2. The fourth-order valence-corrected chi connectivity index (χ4v) is 2.11. The van der Waals surface area contributed by atoms with E-state index in [1.807, 2.05) is 19.2 Å². The van der Waals surface area contributed by atoms with Crippen LogP contribution in [0.3, 0.4) is 0 Å². The Bertz CT molecular complexity index is 795. The van der Waals surface area contributed by atoms with Gasteiger partial charge in [0.1, 0.15) is 11.9 Å². The summed E-state index contributed by atoms with van der Waals surface area (Å²) < 4.78 is 6.50. The number of aromatic nitrogens is 4. The molecule has 0 saturated carbocycles. The molecular weight excluding hydrogens is 256 g/mol. The zero-order valence-corrected chi connectivity index (χ0v) is 11.1. The van der Waals surface area contributed by atoms with Crippen molar-refractivity contribution < 1.29 is 9.53 Å². The third kappa shape index (κ3) is 1.91. The van der Waals surface area contributed by atoms with Gasteiger partial charge in [-0.25, -0.2) is 4.79 Å². The number of ether oxygens (including phenoxy) is 1. The van der Waals surface area contributed by atoms with Gasteiger partial charge in [0, 0.05) is 29.7 Å². The molecule has 0 radical (unpaired) electrons. The van der Waals surface area contributed by atoms with E-state index >= 15 is 0 Å². The first-order chi connectivity index (χ1) is 9.70. The van der Waals surface area contributed by atoms with Gasteiger partial charge in [-0.2, -0.15) is 0 Å². The van der Waals surface area contributed by atoms with Crippen LogP contribution < -0.4 is 0 Å². The fraction of sp³-hybridized carbons (Fsp3) is 0.143. The highest BCUT2D eigenvalue weighted by Gasteiger charge is 2.15. The minimum absolute atomic E-state index is 0.380. The van der Waals surface area contributed by atoms with Crippen LogP contribution in [0.5, 0.6) is 0 Å². The van der Waals surface area contributed by atoms with E-state index in [0.29, 0.717) is 11.2 Å². The molecule has 3 heterocycles. The van der Waals surface area contributed by atoms with Crippen molar-refractivity contribution in [3.8, 4) is 11.1 Å². The van der Waals surface area contributed by atoms with Gasteiger partial charge < -0.3 is 4.74 Å². The number of pyridine rings is 2. The number of fused-ring (bicyclic) bond motifs is 1. The lowest BCUT2D eigenvalue weighted by Gasteiger charge is -2.08. The molecule has 0 amide bonds. The number of hydrogen-bond acceptors (Lipinski definition) is 5. The Kier molecular flexibility index (Phi) is 2.90. The predicted octanol–water partition coefficient (Wildman–Crippen LogP) is 1.89. The van der Waals surface area contributed by atoms with Gasteiger partial charge in [0.25, 0.3) is 0 Å². The van der Waals surface area contributed by atoms with E-state index in [9.17, 15) is 4.79 Å². The third-order valence-corrected chi connectivity index (χ3v) is 3.15. The number of nitrogens with zero attached hydrogens (tertiary/aromatic N) is 4. The summed E-state index contributed by atoms with van der Waals surface area (Å²) in [6.07, 6.45) is 6.92. The summed E-state index contributed by atoms with van der Waals surface area (Å²) in [6.45, 7) is 1.99. The normalized spacial score (nSPS) is 10.7. The Hall–Kier alpha value is -2.76. The highest BCUT2D eigenvalue weighted by atomic mass is 16.5. The number of carbonyl (C=O) groups is 1. The molecule has 6 nitrogen and oxygen atoms in total. The Morgan fingerprint density at radius 3 is 3.00 bits per heavy atom. The summed E-state index contributed by atoms with van der Waals surface area (Å²) in [6, 6.07) is 3.67. The average molecular weight is 268 g/mol. The van der Waals surface area contributed by atoms with Gasteiger partial charge in [0.2, 0.25) is 0 Å². The van der Waals surface area contributed by atoms with Gasteiger partial charge in [-0.3, -0.25) is 9.38 Å². The topological polar surface area (TPSA) is 69.4 Å². The molecule has 0 unspecified atom stereocenters. The second kappa shape index (κ2) is 4.73. The van der Waals surface area contributed by atoms with Crippen molar-refractivity contribution in [2.24, 2.45) is 0 Å². The highest BCUT2D eigenvalue weighted by molar-refractivity contribution is 5.97. The molecule has 0 atom stereocenters. The highest BCUT2D eigenvalue weighted by Crippen LogP contribution is 2.24. The molecule has 3 aromatic heterocycles. The molecule has 0 fully saturated rings. The van der Waals surface area contributed by atoms with Crippen molar-refractivity contribution >= 4 is 11.6 Å². The molecule has 0 aliphatic rings. The monoisotopic (exact) mass is 268 g/mol. The van der Waals surface area contributed by atoms with Gasteiger partial charge in [0.05, 0.1) is 7.11 Å². The predicted molar refractivity (Wildman–Crippen MR) is 72.3 cm³/mol. The van der Waals surface area contributed by atoms with E-state index in [1.165, 1.54) is 7.11 Å². The first-order valence-electron chi connectivity index (χ1n) is 6.03. The number of methoxy groups -OCH3 is 1. The van der Waals surface area contributed by atoms with Crippen molar-refractivity contribution in [1.29, 1.82) is 0 Å². The third-order valence-electron chi connectivity index (χ3n) is 3.15.